The molecule has 0 bridgehead atoms. The normalized spacial score (nSPS) is 13.4. The van der Waals surface area contributed by atoms with E-state index in [0.717, 1.165) is 0 Å². The number of carboxylic acids is 1. The number of hydrogen-bond donors (Lipinski definition) is 3. The molecule has 0 amide bonds. The van der Waals surface area contributed by atoms with Crippen molar-refractivity contribution in [2.45, 2.75) is 44.7 Å². The van der Waals surface area contributed by atoms with Crippen molar-refractivity contribution in [2.24, 2.45) is 0 Å². The van der Waals surface area contributed by atoms with Crippen LogP contribution in [0, 0.1) is 13.8 Å². The summed E-state index contributed by atoms with van der Waals surface area (Å²) < 4.78 is 27.9. The van der Waals surface area contributed by atoms with Crippen LogP contribution in [0.3, 0.4) is 0 Å². The number of nitrogens with zero attached hydrogens (tertiary/aromatic N) is 2. The Bertz CT molecular complexity index is 591. The first-order valence-electron chi connectivity index (χ1n) is 6.08. The number of nitrogens with one attached hydrogen (secondary N) is 1. The summed E-state index contributed by atoms with van der Waals surface area (Å²) in [5.41, 5.74) is 0.674. The number of rotatable bonds is 7. The molecule has 1 aromatic rings. The summed E-state index contributed by atoms with van der Waals surface area (Å²) in [5.74, 6) is -0.978. The SMILES string of the molecule is Cc1nn(CCC(=O)O)c(C)c1S(=O)(=O)NC[C@H](C)O. The lowest BCUT2D eigenvalue weighted by Gasteiger charge is -2.09. The van der Waals surface area contributed by atoms with Crippen LogP contribution in [-0.4, -0.2) is 47.0 Å². The van der Waals surface area contributed by atoms with Crippen LogP contribution in [0.15, 0.2) is 4.90 Å². The Morgan fingerprint density at radius 2 is 2.05 bits per heavy atom. The van der Waals surface area contributed by atoms with Crippen molar-refractivity contribution in [1.29, 1.82) is 0 Å². The van der Waals surface area contributed by atoms with E-state index in [0.29, 0.717) is 11.4 Å². The third-order valence-corrected chi connectivity index (χ3v) is 4.37. The molecule has 0 saturated heterocycles. The Hall–Kier alpha value is -1.45. The van der Waals surface area contributed by atoms with Gasteiger partial charge in [-0.05, 0) is 20.8 Å². The molecule has 8 nitrogen and oxygen atoms in total. The summed E-state index contributed by atoms with van der Waals surface area (Å²) in [6.07, 6.45) is -0.935. The average molecular weight is 305 g/mol. The van der Waals surface area contributed by atoms with Crippen molar-refractivity contribution >= 4 is 16.0 Å². The Morgan fingerprint density at radius 3 is 2.55 bits per heavy atom. The molecule has 0 radical (unpaired) electrons. The zero-order valence-electron chi connectivity index (χ0n) is 11.6. The third kappa shape index (κ3) is 4.02. The second-order valence-corrected chi connectivity index (χ2v) is 6.27. The van der Waals surface area contributed by atoms with Gasteiger partial charge in [0.1, 0.15) is 4.90 Å². The summed E-state index contributed by atoms with van der Waals surface area (Å²) >= 11 is 0. The number of aliphatic hydroxyl groups is 1. The van der Waals surface area contributed by atoms with Gasteiger partial charge in [0, 0.05) is 6.54 Å². The molecule has 0 fully saturated rings. The van der Waals surface area contributed by atoms with Gasteiger partial charge in [0.15, 0.2) is 0 Å². The van der Waals surface area contributed by atoms with Crippen molar-refractivity contribution in [3.63, 3.8) is 0 Å². The topological polar surface area (TPSA) is 122 Å². The molecular weight excluding hydrogens is 286 g/mol. The van der Waals surface area contributed by atoms with Gasteiger partial charge in [0.25, 0.3) is 0 Å². The van der Waals surface area contributed by atoms with Crippen LogP contribution in [0.2, 0.25) is 0 Å². The van der Waals surface area contributed by atoms with E-state index in [4.69, 9.17) is 10.2 Å². The summed E-state index contributed by atoms with van der Waals surface area (Å²) in [4.78, 5) is 10.6. The predicted molar refractivity (Wildman–Crippen MR) is 70.8 cm³/mol. The highest BCUT2D eigenvalue weighted by atomic mass is 32.2. The highest BCUT2D eigenvalue weighted by molar-refractivity contribution is 7.89. The summed E-state index contributed by atoms with van der Waals surface area (Å²) in [6, 6.07) is 0. The molecule has 0 aromatic carbocycles. The number of carbonyl (C=O) groups is 1. The number of aliphatic hydroxyl groups excluding tert-OH is 1. The van der Waals surface area contributed by atoms with E-state index in [1.54, 1.807) is 13.8 Å². The van der Waals surface area contributed by atoms with Gasteiger partial charge >= 0.3 is 5.97 Å². The van der Waals surface area contributed by atoms with Crippen LogP contribution < -0.4 is 4.72 Å². The van der Waals surface area contributed by atoms with Crippen molar-refractivity contribution in [3.05, 3.63) is 11.4 Å². The van der Waals surface area contributed by atoms with Crippen LogP contribution in [-0.2, 0) is 21.4 Å². The van der Waals surface area contributed by atoms with E-state index < -0.39 is 22.1 Å². The molecule has 0 aliphatic carbocycles. The van der Waals surface area contributed by atoms with E-state index in [2.05, 4.69) is 9.82 Å². The van der Waals surface area contributed by atoms with E-state index in [-0.39, 0.29) is 24.4 Å². The Morgan fingerprint density at radius 1 is 1.45 bits per heavy atom. The molecule has 114 valence electrons. The smallest absolute Gasteiger partial charge is 0.305 e. The van der Waals surface area contributed by atoms with Crippen LogP contribution in [0.1, 0.15) is 24.7 Å². The molecular formula is C11H19N3O5S. The minimum atomic E-state index is -3.78. The maximum atomic E-state index is 12.1. The fourth-order valence-electron chi connectivity index (χ4n) is 1.79. The molecule has 1 rings (SSSR count). The maximum absolute atomic E-state index is 12.1. The van der Waals surface area contributed by atoms with E-state index in [1.165, 1.54) is 11.6 Å². The fourth-order valence-corrected chi connectivity index (χ4v) is 3.32. The largest absolute Gasteiger partial charge is 0.481 e. The minimum absolute atomic E-state index is 0.0311. The van der Waals surface area contributed by atoms with E-state index >= 15 is 0 Å². The molecule has 0 aliphatic rings. The standard InChI is InChI=1S/C11H19N3O5S/c1-7(15)6-12-20(18,19)11-8(2)13-14(9(11)3)5-4-10(16)17/h7,12,15H,4-6H2,1-3H3,(H,16,17)/t7-/m0/s1. The molecule has 0 aliphatic heterocycles. The summed E-state index contributed by atoms with van der Waals surface area (Å²) in [7, 11) is -3.78. The third-order valence-electron chi connectivity index (χ3n) is 2.69. The Balaban J connectivity index is 3.04. The van der Waals surface area contributed by atoms with Crippen molar-refractivity contribution < 1.29 is 23.4 Å². The highest BCUT2D eigenvalue weighted by Crippen LogP contribution is 2.19. The van der Waals surface area contributed by atoms with Crippen LogP contribution in [0.25, 0.3) is 0 Å². The molecule has 1 atom stereocenters. The Labute approximate surface area is 117 Å². The van der Waals surface area contributed by atoms with E-state index in [9.17, 15) is 13.2 Å². The molecule has 0 unspecified atom stereocenters. The second kappa shape index (κ2) is 6.33. The van der Waals surface area contributed by atoms with Gasteiger partial charge in [-0.25, -0.2) is 13.1 Å². The molecule has 1 aromatic heterocycles. The van der Waals surface area contributed by atoms with E-state index in [1.807, 2.05) is 0 Å². The number of sulfonamides is 1. The van der Waals surface area contributed by atoms with Gasteiger partial charge < -0.3 is 10.2 Å². The molecule has 9 heteroatoms. The first kappa shape index (κ1) is 16.6. The Kier molecular flexibility index (Phi) is 5.26. The number of carboxylic acid groups (broad SMARTS) is 1. The van der Waals surface area contributed by atoms with Crippen molar-refractivity contribution in [2.75, 3.05) is 6.54 Å². The summed E-state index contributed by atoms with van der Waals surface area (Å²) in [6.45, 7) is 4.59. The molecule has 0 saturated carbocycles. The first-order chi connectivity index (χ1) is 9.15. The van der Waals surface area contributed by atoms with Gasteiger partial charge in [-0.1, -0.05) is 0 Å². The van der Waals surface area contributed by atoms with Gasteiger partial charge in [-0.2, -0.15) is 5.10 Å². The van der Waals surface area contributed by atoms with Gasteiger partial charge in [-0.3, -0.25) is 9.48 Å². The second-order valence-electron chi connectivity index (χ2n) is 4.57. The molecule has 0 spiro atoms. The zero-order chi connectivity index (χ0) is 15.5. The molecule has 1 heterocycles. The lowest BCUT2D eigenvalue weighted by atomic mass is 10.4. The number of aromatic nitrogens is 2. The highest BCUT2D eigenvalue weighted by Gasteiger charge is 2.24. The summed E-state index contributed by atoms with van der Waals surface area (Å²) in [5, 5.41) is 21.8. The van der Waals surface area contributed by atoms with Crippen molar-refractivity contribution in [3.8, 4) is 0 Å². The lowest BCUT2D eigenvalue weighted by Crippen LogP contribution is -2.31. The molecule has 3 N–H and O–H groups in total. The monoisotopic (exact) mass is 305 g/mol. The van der Waals surface area contributed by atoms with Gasteiger partial charge in [-0.15, -0.1) is 0 Å². The number of aryl methyl sites for hydroxylation is 2. The predicted octanol–water partition coefficient (Wildman–Crippen LogP) is -0.366. The lowest BCUT2D eigenvalue weighted by molar-refractivity contribution is -0.137. The van der Waals surface area contributed by atoms with Gasteiger partial charge in [0.2, 0.25) is 10.0 Å². The van der Waals surface area contributed by atoms with Crippen molar-refractivity contribution in [1.82, 2.24) is 14.5 Å². The average Bonchev–Trinajstić information content (AvgIpc) is 2.59. The zero-order valence-corrected chi connectivity index (χ0v) is 12.4. The number of aliphatic carboxylic acids is 1. The van der Waals surface area contributed by atoms with Gasteiger partial charge in [0.05, 0.1) is 30.5 Å². The number of hydrogen-bond acceptors (Lipinski definition) is 5. The first-order valence-corrected chi connectivity index (χ1v) is 7.57. The van der Waals surface area contributed by atoms with Crippen LogP contribution >= 0.6 is 0 Å². The molecule has 20 heavy (non-hydrogen) atoms. The minimum Gasteiger partial charge on any atom is -0.481 e. The van der Waals surface area contributed by atoms with Crippen LogP contribution in [0.5, 0.6) is 0 Å². The quantitative estimate of drug-likeness (QED) is 0.632. The maximum Gasteiger partial charge on any atom is 0.305 e. The fraction of sp³-hybridized carbons (Fsp3) is 0.636. The van der Waals surface area contributed by atoms with Crippen LogP contribution in [0.4, 0.5) is 0 Å².